The molecule has 0 spiro atoms. The lowest BCUT2D eigenvalue weighted by atomic mass is 10.3. The summed E-state index contributed by atoms with van der Waals surface area (Å²) in [6, 6.07) is 5.51. The van der Waals surface area contributed by atoms with Gasteiger partial charge in [-0.15, -0.1) is 0 Å². The van der Waals surface area contributed by atoms with Crippen molar-refractivity contribution in [2.45, 2.75) is 3.79 Å². The first-order chi connectivity index (χ1) is 7.54. The molecule has 0 fully saturated rings. The van der Waals surface area contributed by atoms with Crippen LogP contribution in [0.3, 0.4) is 0 Å². The van der Waals surface area contributed by atoms with Crippen molar-refractivity contribution in [3.05, 3.63) is 35.9 Å². The number of pyridine rings is 1. The first kappa shape index (κ1) is 11.5. The van der Waals surface area contributed by atoms with Gasteiger partial charge in [0.15, 0.2) is 5.82 Å². The van der Waals surface area contributed by atoms with E-state index in [4.69, 9.17) is 40.6 Å². The van der Waals surface area contributed by atoms with Gasteiger partial charge < -0.3 is 5.84 Å². The molecule has 0 unspecified atom stereocenters. The number of aromatic nitrogens is 2. The van der Waals surface area contributed by atoms with Crippen molar-refractivity contribution >= 4 is 46.5 Å². The van der Waals surface area contributed by atoms with Crippen molar-refractivity contribution in [1.29, 1.82) is 0 Å². The van der Waals surface area contributed by atoms with Crippen LogP contribution in [0.4, 0.5) is 0 Å². The maximum Gasteiger partial charge on any atom is 0.248 e. The Morgan fingerprint density at radius 3 is 2.75 bits per heavy atom. The lowest BCUT2D eigenvalue weighted by Gasteiger charge is -2.08. The third-order valence-corrected chi connectivity index (χ3v) is 2.53. The highest BCUT2D eigenvalue weighted by molar-refractivity contribution is 6.66. The molecule has 2 rings (SSSR count). The summed E-state index contributed by atoms with van der Waals surface area (Å²) in [7, 11) is 0. The molecule has 0 aliphatic rings. The molecule has 0 atom stereocenters. The van der Waals surface area contributed by atoms with Crippen molar-refractivity contribution in [3.8, 4) is 0 Å². The molecule has 0 aliphatic carbocycles. The third kappa shape index (κ3) is 1.96. The Morgan fingerprint density at radius 1 is 1.38 bits per heavy atom. The Kier molecular flexibility index (Phi) is 2.97. The summed E-state index contributed by atoms with van der Waals surface area (Å²) in [6.45, 7) is 0. The van der Waals surface area contributed by atoms with E-state index in [2.05, 4.69) is 10.1 Å². The zero-order chi connectivity index (χ0) is 11.8. The summed E-state index contributed by atoms with van der Waals surface area (Å²) in [5.41, 5.74) is 1.34. The minimum absolute atomic E-state index is 0.308. The second-order valence-corrected chi connectivity index (χ2v) is 5.33. The SMILES string of the molecule is N/N=C/c1nc(C(Cl)(Cl)Cl)n2ccccc12. The molecule has 0 aromatic carbocycles. The van der Waals surface area contributed by atoms with Crippen LogP contribution in [0, 0.1) is 0 Å². The summed E-state index contributed by atoms with van der Waals surface area (Å²) in [5.74, 6) is 5.40. The average molecular weight is 278 g/mol. The van der Waals surface area contributed by atoms with E-state index in [-0.39, 0.29) is 0 Å². The normalized spacial score (nSPS) is 12.7. The highest BCUT2D eigenvalue weighted by atomic mass is 35.6. The molecule has 7 heteroatoms. The van der Waals surface area contributed by atoms with Crippen LogP contribution in [-0.4, -0.2) is 15.6 Å². The van der Waals surface area contributed by atoms with E-state index in [9.17, 15) is 0 Å². The van der Waals surface area contributed by atoms with Crippen molar-refractivity contribution in [2.24, 2.45) is 10.9 Å². The highest BCUT2D eigenvalue weighted by Gasteiger charge is 2.29. The first-order valence-corrected chi connectivity index (χ1v) is 5.45. The molecule has 2 N–H and O–H groups in total. The van der Waals surface area contributed by atoms with Crippen LogP contribution in [0.2, 0.25) is 0 Å². The summed E-state index contributed by atoms with van der Waals surface area (Å²) in [4.78, 5) is 4.19. The van der Waals surface area contributed by atoms with E-state index >= 15 is 0 Å². The van der Waals surface area contributed by atoms with Crippen LogP contribution in [0.1, 0.15) is 11.5 Å². The van der Waals surface area contributed by atoms with E-state index < -0.39 is 3.79 Å². The molecule has 0 aliphatic heterocycles. The second kappa shape index (κ2) is 4.13. The van der Waals surface area contributed by atoms with Gasteiger partial charge in [0.25, 0.3) is 0 Å². The number of hydrogen-bond acceptors (Lipinski definition) is 3. The maximum atomic E-state index is 5.82. The highest BCUT2D eigenvalue weighted by Crippen LogP contribution is 2.37. The van der Waals surface area contributed by atoms with Crippen molar-refractivity contribution in [1.82, 2.24) is 9.38 Å². The van der Waals surface area contributed by atoms with E-state index in [0.29, 0.717) is 11.5 Å². The van der Waals surface area contributed by atoms with Crippen LogP contribution in [0.5, 0.6) is 0 Å². The number of imidazole rings is 1. The molecule has 2 aromatic heterocycles. The van der Waals surface area contributed by atoms with Gasteiger partial charge in [0, 0.05) is 6.20 Å². The van der Waals surface area contributed by atoms with Crippen LogP contribution in [0.15, 0.2) is 29.5 Å². The molecule has 84 valence electrons. The third-order valence-electron chi connectivity index (χ3n) is 2.03. The van der Waals surface area contributed by atoms with E-state index in [1.165, 1.54) is 6.21 Å². The number of rotatable bonds is 1. The topological polar surface area (TPSA) is 55.7 Å². The van der Waals surface area contributed by atoms with Gasteiger partial charge in [-0.1, -0.05) is 40.9 Å². The fourth-order valence-corrected chi connectivity index (χ4v) is 1.83. The van der Waals surface area contributed by atoms with Crippen LogP contribution >= 0.6 is 34.8 Å². The zero-order valence-electron chi connectivity index (χ0n) is 7.94. The number of alkyl halides is 3. The van der Waals surface area contributed by atoms with Gasteiger partial charge in [-0.2, -0.15) is 5.10 Å². The van der Waals surface area contributed by atoms with Crippen LogP contribution in [-0.2, 0) is 3.79 Å². The number of hydrazone groups is 1. The molecule has 2 heterocycles. The van der Waals surface area contributed by atoms with Gasteiger partial charge in [-0.3, -0.25) is 4.40 Å². The molecule has 2 aromatic rings. The minimum Gasteiger partial charge on any atom is -0.323 e. The quantitative estimate of drug-likeness (QED) is 0.377. The smallest absolute Gasteiger partial charge is 0.248 e. The summed E-state index contributed by atoms with van der Waals surface area (Å²) in [5, 5.41) is 3.42. The second-order valence-electron chi connectivity index (χ2n) is 3.05. The molecular weight excluding hydrogens is 270 g/mol. The molecule has 0 radical (unpaired) electrons. The van der Waals surface area contributed by atoms with Crippen molar-refractivity contribution in [3.63, 3.8) is 0 Å². The fraction of sp³-hybridized carbons (Fsp3) is 0.111. The molecule has 0 amide bonds. The Bertz CT molecular complexity index is 541. The molecule has 0 saturated carbocycles. The van der Waals surface area contributed by atoms with Gasteiger partial charge in [-0.25, -0.2) is 4.98 Å². The van der Waals surface area contributed by atoms with E-state index in [0.717, 1.165) is 5.52 Å². The average Bonchev–Trinajstić information content (AvgIpc) is 2.58. The summed E-state index contributed by atoms with van der Waals surface area (Å²) >= 11 is 17.5. The maximum absolute atomic E-state index is 5.82. The number of nitrogens with zero attached hydrogens (tertiary/aromatic N) is 3. The van der Waals surface area contributed by atoms with Gasteiger partial charge in [0.05, 0.1) is 11.7 Å². The number of hydrogen-bond donors (Lipinski definition) is 1. The van der Waals surface area contributed by atoms with Crippen LogP contribution in [0.25, 0.3) is 5.52 Å². The van der Waals surface area contributed by atoms with Gasteiger partial charge >= 0.3 is 0 Å². The standard InChI is InChI=1S/C9H7Cl3N4/c10-9(11,12)8-15-6(5-14-13)7-3-1-2-4-16(7)8/h1-5H,13H2/b14-5+. The molecule has 16 heavy (non-hydrogen) atoms. The van der Waals surface area contributed by atoms with Crippen molar-refractivity contribution < 1.29 is 0 Å². The summed E-state index contributed by atoms with van der Waals surface area (Å²) in [6.07, 6.45) is 3.17. The van der Waals surface area contributed by atoms with Gasteiger partial charge in [0.2, 0.25) is 3.79 Å². The molecule has 4 nitrogen and oxygen atoms in total. The van der Waals surface area contributed by atoms with Crippen molar-refractivity contribution in [2.75, 3.05) is 0 Å². The predicted molar refractivity (Wildman–Crippen MR) is 66.2 cm³/mol. The van der Waals surface area contributed by atoms with Gasteiger partial charge in [-0.05, 0) is 12.1 Å². The fourth-order valence-electron chi connectivity index (χ4n) is 1.43. The Hall–Kier alpha value is -0.970. The minimum atomic E-state index is -1.59. The zero-order valence-corrected chi connectivity index (χ0v) is 10.2. The summed E-state index contributed by atoms with van der Waals surface area (Å²) < 4.78 is 0.0922. The molecule has 0 saturated heterocycles. The lowest BCUT2D eigenvalue weighted by Crippen LogP contribution is -2.06. The predicted octanol–water partition coefficient (Wildman–Crippen LogP) is 2.45. The van der Waals surface area contributed by atoms with Gasteiger partial charge in [0.1, 0.15) is 5.69 Å². The Balaban J connectivity index is 2.77. The number of fused-ring (bicyclic) bond motifs is 1. The van der Waals surface area contributed by atoms with Crippen LogP contribution < -0.4 is 5.84 Å². The Labute approximate surface area is 107 Å². The monoisotopic (exact) mass is 276 g/mol. The largest absolute Gasteiger partial charge is 0.323 e. The van der Waals surface area contributed by atoms with E-state index in [1.54, 1.807) is 10.6 Å². The lowest BCUT2D eigenvalue weighted by molar-refractivity contribution is 0.961. The van der Waals surface area contributed by atoms with E-state index in [1.807, 2.05) is 18.2 Å². The molecular formula is C9H7Cl3N4. The number of halogens is 3. The molecule has 0 bridgehead atoms. The number of nitrogens with two attached hydrogens (primary N) is 1. The Morgan fingerprint density at radius 2 is 2.12 bits per heavy atom. The first-order valence-electron chi connectivity index (χ1n) is 4.31.